The molecule has 0 unspecified atom stereocenters. The first-order valence-corrected chi connectivity index (χ1v) is 5.90. The Morgan fingerprint density at radius 2 is 1.90 bits per heavy atom. The molecule has 0 radical (unpaired) electrons. The van der Waals surface area contributed by atoms with Crippen LogP contribution in [0.4, 0.5) is 13.2 Å². The maximum Gasteiger partial charge on any atom is 0.416 e. The van der Waals surface area contributed by atoms with Gasteiger partial charge >= 0.3 is 6.18 Å². The quantitative estimate of drug-likeness (QED) is 0.934. The van der Waals surface area contributed by atoms with Gasteiger partial charge in [-0.15, -0.1) is 0 Å². The molecule has 0 aliphatic carbocycles. The molecule has 2 aromatic rings. The number of nitrogens with zero attached hydrogens (tertiary/aromatic N) is 1. The van der Waals surface area contributed by atoms with Crippen LogP contribution in [-0.4, -0.2) is 16.7 Å². The second-order valence-electron chi connectivity index (χ2n) is 4.09. The molecule has 0 fully saturated rings. The van der Waals surface area contributed by atoms with E-state index in [0.717, 1.165) is 12.1 Å². The van der Waals surface area contributed by atoms with E-state index in [4.69, 9.17) is 9.84 Å². The molecule has 0 spiro atoms. The highest BCUT2D eigenvalue weighted by atomic mass is 19.4. The molecule has 0 aliphatic heterocycles. The Morgan fingerprint density at radius 1 is 1.10 bits per heavy atom. The zero-order valence-corrected chi connectivity index (χ0v) is 10.4. The van der Waals surface area contributed by atoms with E-state index in [1.807, 2.05) is 0 Å². The smallest absolute Gasteiger partial charge is 0.416 e. The summed E-state index contributed by atoms with van der Waals surface area (Å²) >= 11 is 0. The van der Waals surface area contributed by atoms with Gasteiger partial charge < -0.3 is 9.84 Å². The van der Waals surface area contributed by atoms with Crippen LogP contribution in [0, 0.1) is 0 Å². The van der Waals surface area contributed by atoms with Crippen molar-refractivity contribution in [1.29, 1.82) is 0 Å². The van der Waals surface area contributed by atoms with Crippen molar-refractivity contribution in [3.8, 4) is 11.5 Å². The lowest BCUT2D eigenvalue weighted by atomic mass is 10.2. The van der Waals surface area contributed by atoms with E-state index in [9.17, 15) is 13.2 Å². The van der Waals surface area contributed by atoms with E-state index in [1.54, 1.807) is 12.1 Å². The molecule has 1 aromatic heterocycles. The number of aliphatic hydroxyl groups is 1. The van der Waals surface area contributed by atoms with Crippen LogP contribution >= 0.6 is 0 Å². The summed E-state index contributed by atoms with van der Waals surface area (Å²) in [6.07, 6.45) is -2.57. The van der Waals surface area contributed by atoms with Gasteiger partial charge in [0.25, 0.3) is 0 Å². The highest BCUT2D eigenvalue weighted by Gasteiger charge is 2.30. The van der Waals surface area contributed by atoms with E-state index < -0.39 is 11.7 Å². The fourth-order valence-corrected chi connectivity index (χ4v) is 1.61. The summed E-state index contributed by atoms with van der Waals surface area (Å²) in [6, 6.07) is 7.89. The molecule has 0 atom stereocenters. The second kappa shape index (κ2) is 5.92. The molecule has 20 heavy (non-hydrogen) atoms. The number of hydrogen-bond donors (Lipinski definition) is 1. The number of halogens is 3. The molecule has 106 valence electrons. The summed E-state index contributed by atoms with van der Waals surface area (Å²) in [5.74, 6) is 0.433. The molecule has 0 saturated heterocycles. The minimum atomic E-state index is -4.40. The molecule has 0 amide bonds. The maximum atomic E-state index is 12.6. The number of alkyl halides is 3. The first-order chi connectivity index (χ1) is 9.49. The molecule has 0 bridgehead atoms. The van der Waals surface area contributed by atoms with Crippen LogP contribution in [0.2, 0.25) is 0 Å². The number of rotatable bonds is 4. The van der Waals surface area contributed by atoms with Gasteiger partial charge in [-0.1, -0.05) is 6.07 Å². The van der Waals surface area contributed by atoms with Gasteiger partial charge in [-0.05, 0) is 30.3 Å². The van der Waals surface area contributed by atoms with Gasteiger partial charge in [0.1, 0.15) is 11.5 Å². The first-order valence-electron chi connectivity index (χ1n) is 5.90. The molecule has 1 heterocycles. The van der Waals surface area contributed by atoms with Crippen LogP contribution in [0.5, 0.6) is 11.5 Å². The van der Waals surface area contributed by atoms with Crippen molar-refractivity contribution in [3.05, 3.63) is 53.9 Å². The fraction of sp³-hybridized carbons (Fsp3) is 0.214. The molecule has 3 nitrogen and oxygen atoms in total. The summed E-state index contributed by atoms with van der Waals surface area (Å²) in [6.45, 7) is -0.0131. The summed E-state index contributed by atoms with van der Waals surface area (Å²) in [5, 5.41) is 8.75. The standard InChI is InChI=1S/C14H12F3NO2/c15-14(16,17)10-2-1-3-12(8-10)20-13-5-4-11(6-7-19)18-9-13/h1-5,8-9,19H,6-7H2. The molecule has 0 aliphatic rings. The Kier molecular flexibility index (Phi) is 4.24. The minimum absolute atomic E-state index is 0.0131. The minimum Gasteiger partial charge on any atom is -0.456 e. The highest BCUT2D eigenvalue weighted by Crippen LogP contribution is 2.32. The fourth-order valence-electron chi connectivity index (χ4n) is 1.61. The van der Waals surface area contributed by atoms with E-state index in [0.29, 0.717) is 17.9 Å². The van der Waals surface area contributed by atoms with E-state index in [-0.39, 0.29) is 12.4 Å². The third kappa shape index (κ3) is 3.71. The zero-order valence-electron chi connectivity index (χ0n) is 10.4. The Morgan fingerprint density at radius 3 is 2.50 bits per heavy atom. The van der Waals surface area contributed by atoms with E-state index in [2.05, 4.69) is 4.98 Å². The maximum absolute atomic E-state index is 12.6. The second-order valence-corrected chi connectivity index (χ2v) is 4.09. The van der Waals surface area contributed by atoms with E-state index >= 15 is 0 Å². The Labute approximate surface area is 113 Å². The van der Waals surface area contributed by atoms with Gasteiger partial charge in [0.15, 0.2) is 0 Å². The predicted octanol–water partition coefficient (Wildman–Crippen LogP) is 3.43. The van der Waals surface area contributed by atoms with Gasteiger partial charge in [0.2, 0.25) is 0 Å². The van der Waals surface area contributed by atoms with Crippen LogP contribution < -0.4 is 4.74 Å². The number of aromatic nitrogens is 1. The third-order valence-electron chi connectivity index (χ3n) is 2.56. The number of aliphatic hydroxyl groups excluding tert-OH is 1. The van der Waals surface area contributed by atoms with Crippen molar-refractivity contribution in [1.82, 2.24) is 4.98 Å². The normalized spacial score (nSPS) is 11.4. The molecular weight excluding hydrogens is 271 g/mol. The van der Waals surface area contributed by atoms with Crippen molar-refractivity contribution in [2.24, 2.45) is 0 Å². The van der Waals surface area contributed by atoms with Gasteiger partial charge in [0, 0.05) is 18.7 Å². The molecule has 1 aromatic carbocycles. The van der Waals surface area contributed by atoms with Crippen LogP contribution in [-0.2, 0) is 12.6 Å². The van der Waals surface area contributed by atoms with Crippen LogP contribution in [0.1, 0.15) is 11.3 Å². The lowest BCUT2D eigenvalue weighted by Gasteiger charge is -2.10. The molecular formula is C14H12F3NO2. The van der Waals surface area contributed by atoms with Crippen molar-refractivity contribution in [2.75, 3.05) is 6.61 Å². The van der Waals surface area contributed by atoms with Gasteiger partial charge in [-0.2, -0.15) is 13.2 Å². The third-order valence-corrected chi connectivity index (χ3v) is 2.56. The largest absolute Gasteiger partial charge is 0.456 e. The van der Waals surface area contributed by atoms with Gasteiger partial charge in [-0.25, -0.2) is 0 Å². The van der Waals surface area contributed by atoms with Crippen molar-refractivity contribution in [3.63, 3.8) is 0 Å². The number of ether oxygens (including phenoxy) is 1. The monoisotopic (exact) mass is 283 g/mol. The first kappa shape index (κ1) is 14.3. The Bertz CT molecular complexity index is 567. The molecule has 6 heteroatoms. The summed E-state index contributed by atoms with van der Waals surface area (Å²) < 4.78 is 43.0. The number of benzene rings is 1. The van der Waals surface area contributed by atoms with Gasteiger partial charge in [-0.3, -0.25) is 4.98 Å². The summed E-state index contributed by atoms with van der Waals surface area (Å²) in [5.41, 5.74) is -0.0799. The Balaban J connectivity index is 2.13. The molecule has 0 saturated carbocycles. The van der Waals surface area contributed by atoms with Crippen molar-refractivity contribution in [2.45, 2.75) is 12.6 Å². The predicted molar refractivity (Wildman–Crippen MR) is 66.5 cm³/mol. The summed E-state index contributed by atoms with van der Waals surface area (Å²) in [7, 11) is 0. The Hall–Kier alpha value is -2.08. The SMILES string of the molecule is OCCc1ccc(Oc2cccc(C(F)(F)F)c2)cn1. The summed E-state index contributed by atoms with van der Waals surface area (Å²) in [4.78, 5) is 4.03. The number of hydrogen-bond acceptors (Lipinski definition) is 3. The lowest BCUT2D eigenvalue weighted by Crippen LogP contribution is -2.04. The topological polar surface area (TPSA) is 42.4 Å². The van der Waals surface area contributed by atoms with Crippen LogP contribution in [0.15, 0.2) is 42.6 Å². The number of pyridine rings is 1. The average molecular weight is 283 g/mol. The highest BCUT2D eigenvalue weighted by molar-refractivity contribution is 5.34. The van der Waals surface area contributed by atoms with Crippen molar-refractivity contribution < 1.29 is 23.0 Å². The van der Waals surface area contributed by atoms with Crippen LogP contribution in [0.3, 0.4) is 0 Å². The lowest BCUT2D eigenvalue weighted by molar-refractivity contribution is -0.137. The average Bonchev–Trinajstić information content (AvgIpc) is 2.41. The van der Waals surface area contributed by atoms with Crippen molar-refractivity contribution >= 4 is 0 Å². The molecule has 1 N–H and O–H groups in total. The van der Waals surface area contributed by atoms with Gasteiger partial charge in [0.05, 0.1) is 11.8 Å². The van der Waals surface area contributed by atoms with E-state index in [1.165, 1.54) is 18.3 Å². The van der Waals surface area contributed by atoms with Crippen LogP contribution in [0.25, 0.3) is 0 Å². The molecule has 2 rings (SSSR count). The zero-order chi connectivity index (χ0) is 14.6.